The molecular formula is C9H7BrFNO2. The van der Waals surface area contributed by atoms with Crippen molar-refractivity contribution in [2.45, 2.75) is 6.10 Å². The molecule has 0 aromatic heterocycles. The van der Waals surface area contributed by atoms with E-state index in [0.717, 1.165) is 5.56 Å². The van der Waals surface area contributed by atoms with Gasteiger partial charge in [-0.2, -0.15) is 0 Å². The summed E-state index contributed by atoms with van der Waals surface area (Å²) in [4.78, 5) is 10.8. The van der Waals surface area contributed by atoms with E-state index in [1.807, 2.05) is 0 Å². The molecule has 1 unspecified atom stereocenters. The van der Waals surface area contributed by atoms with E-state index in [9.17, 15) is 9.18 Å². The van der Waals surface area contributed by atoms with Crippen LogP contribution in [0.1, 0.15) is 11.7 Å². The molecule has 0 radical (unpaired) electrons. The Morgan fingerprint density at radius 3 is 2.93 bits per heavy atom. The Labute approximate surface area is 88.4 Å². The molecule has 1 fully saturated rings. The van der Waals surface area contributed by atoms with Crippen LogP contribution in [0.3, 0.4) is 0 Å². The molecule has 1 aliphatic heterocycles. The molecule has 74 valence electrons. The van der Waals surface area contributed by atoms with Gasteiger partial charge in [0.05, 0.1) is 11.0 Å². The van der Waals surface area contributed by atoms with Gasteiger partial charge in [0.1, 0.15) is 11.9 Å². The summed E-state index contributed by atoms with van der Waals surface area (Å²) in [6.07, 6.45) is -0.755. The second-order valence-electron chi connectivity index (χ2n) is 2.95. The second kappa shape index (κ2) is 3.57. The summed E-state index contributed by atoms with van der Waals surface area (Å²) in [5.74, 6) is -0.328. The molecule has 1 saturated heterocycles. The van der Waals surface area contributed by atoms with E-state index in [0.29, 0.717) is 11.0 Å². The highest BCUT2D eigenvalue weighted by Gasteiger charge is 2.24. The fourth-order valence-corrected chi connectivity index (χ4v) is 1.68. The summed E-state index contributed by atoms with van der Waals surface area (Å²) in [7, 11) is 0. The molecule has 0 bridgehead atoms. The minimum absolute atomic E-state index is 0.320. The maximum Gasteiger partial charge on any atom is 0.407 e. The van der Waals surface area contributed by atoms with Gasteiger partial charge in [0.25, 0.3) is 0 Å². The number of amides is 1. The van der Waals surface area contributed by atoms with Crippen LogP contribution in [0, 0.1) is 5.82 Å². The highest BCUT2D eigenvalue weighted by molar-refractivity contribution is 9.10. The van der Waals surface area contributed by atoms with Crippen LogP contribution in [0.5, 0.6) is 0 Å². The summed E-state index contributed by atoms with van der Waals surface area (Å²) >= 11 is 3.07. The molecule has 1 aromatic carbocycles. The Hall–Kier alpha value is -1.10. The summed E-state index contributed by atoms with van der Waals surface area (Å²) in [6, 6.07) is 4.55. The molecule has 1 aliphatic rings. The Bertz CT molecular complexity index is 383. The van der Waals surface area contributed by atoms with Crippen molar-refractivity contribution in [3.63, 3.8) is 0 Å². The van der Waals surface area contributed by atoms with Crippen molar-refractivity contribution < 1.29 is 13.9 Å². The smallest absolute Gasteiger partial charge is 0.407 e. The molecule has 1 amide bonds. The molecule has 1 atom stereocenters. The monoisotopic (exact) mass is 259 g/mol. The van der Waals surface area contributed by atoms with Crippen molar-refractivity contribution in [2.24, 2.45) is 0 Å². The largest absolute Gasteiger partial charge is 0.439 e. The first-order valence-electron chi connectivity index (χ1n) is 4.06. The van der Waals surface area contributed by atoms with Crippen molar-refractivity contribution in [1.82, 2.24) is 5.32 Å². The number of alkyl carbamates (subject to hydrolysis) is 1. The summed E-state index contributed by atoms with van der Waals surface area (Å²) < 4.78 is 18.2. The number of carbonyl (C=O) groups excluding carboxylic acids is 1. The van der Waals surface area contributed by atoms with E-state index in [1.165, 1.54) is 6.07 Å². The zero-order valence-corrected chi connectivity index (χ0v) is 8.67. The highest BCUT2D eigenvalue weighted by Crippen LogP contribution is 2.25. The number of nitrogens with one attached hydrogen (secondary N) is 1. The standard InChI is InChI=1S/C9H7BrFNO2/c10-6-3-5(1-2-7(6)11)8-4-12-9(13)14-8/h1-3,8H,4H2,(H,12,13). The third kappa shape index (κ3) is 1.72. The molecule has 14 heavy (non-hydrogen) atoms. The zero-order valence-electron chi connectivity index (χ0n) is 7.09. The SMILES string of the molecule is O=C1NCC(c2ccc(F)c(Br)c2)O1. The van der Waals surface area contributed by atoms with E-state index in [4.69, 9.17) is 4.74 Å². The maximum absolute atomic E-state index is 12.9. The number of hydrogen-bond donors (Lipinski definition) is 1. The molecule has 1 N–H and O–H groups in total. The normalized spacial score (nSPS) is 20.4. The van der Waals surface area contributed by atoms with Crippen LogP contribution in [-0.2, 0) is 4.74 Å². The maximum atomic E-state index is 12.9. The van der Waals surface area contributed by atoms with Gasteiger partial charge < -0.3 is 10.1 Å². The van der Waals surface area contributed by atoms with Crippen molar-refractivity contribution in [3.05, 3.63) is 34.1 Å². The van der Waals surface area contributed by atoms with Gasteiger partial charge in [-0.3, -0.25) is 0 Å². The van der Waals surface area contributed by atoms with Crippen molar-refractivity contribution >= 4 is 22.0 Å². The number of benzene rings is 1. The fraction of sp³-hybridized carbons (Fsp3) is 0.222. The minimum Gasteiger partial charge on any atom is -0.439 e. The van der Waals surface area contributed by atoms with Gasteiger partial charge in [0.15, 0.2) is 0 Å². The summed E-state index contributed by atoms with van der Waals surface area (Å²) in [5, 5.41) is 2.53. The highest BCUT2D eigenvalue weighted by atomic mass is 79.9. The van der Waals surface area contributed by atoms with Crippen LogP contribution in [0.25, 0.3) is 0 Å². The Morgan fingerprint density at radius 1 is 1.57 bits per heavy atom. The van der Waals surface area contributed by atoms with Crippen LogP contribution in [0.2, 0.25) is 0 Å². The third-order valence-electron chi connectivity index (χ3n) is 2.00. The molecule has 0 aliphatic carbocycles. The van der Waals surface area contributed by atoms with Gasteiger partial charge >= 0.3 is 6.09 Å². The van der Waals surface area contributed by atoms with Crippen molar-refractivity contribution in [2.75, 3.05) is 6.54 Å². The van der Waals surface area contributed by atoms with Gasteiger partial charge in [-0.15, -0.1) is 0 Å². The fourth-order valence-electron chi connectivity index (χ4n) is 1.29. The molecule has 5 heteroatoms. The van der Waals surface area contributed by atoms with E-state index in [-0.39, 0.29) is 11.9 Å². The minimum atomic E-state index is -0.435. The first-order valence-corrected chi connectivity index (χ1v) is 4.85. The van der Waals surface area contributed by atoms with E-state index < -0.39 is 6.09 Å². The molecular weight excluding hydrogens is 253 g/mol. The van der Waals surface area contributed by atoms with Crippen LogP contribution in [0.15, 0.2) is 22.7 Å². The van der Waals surface area contributed by atoms with Gasteiger partial charge in [-0.25, -0.2) is 9.18 Å². The zero-order chi connectivity index (χ0) is 10.1. The van der Waals surface area contributed by atoms with Gasteiger partial charge in [0.2, 0.25) is 0 Å². The molecule has 0 spiro atoms. The lowest BCUT2D eigenvalue weighted by Crippen LogP contribution is -2.12. The summed E-state index contributed by atoms with van der Waals surface area (Å²) in [6.45, 7) is 0.427. The molecule has 1 heterocycles. The lowest BCUT2D eigenvalue weighted by atomic mass is 10.1. The lowest BCUT2D eigenvalue weighted by molar-refractivity contribution is 0.141. The average Bonchev–Trinajstić information content (AvgIpc) is 2.57. The van der Waals surface area contributed by atoms with Gasteiger partial charge in [-0.05, 0) is 33.6 Å². The quantitative estimate of drug-likeness (QED) is 0.841. The van der Waals surface area contributed by atoms with Gasteiger partial charge in [0, 0.05) is 0 Å². The van der Waals surface area contributed by atoms with Crippen LogP contribution in [-0.4, -0.2) is 12.6 Å². The Morgan fingerprint density at radius 2 is 2.36 bits per heavy atom. The van der Waals surface area contributed by atoms with E-state index in [2.05, 4.69) is 21.2 Å². The van der Waals surface area contributed by atoms with Crippen LogP contribution < -0.4 is 5.32 Å². The van der Waals surface area contributed by atoms with Crippen molar-refractivity contribution in [3.8, 4) is 0 Å². The Kier molecular flexibility index (Phi) is 2.41. The lowest BCUT2D eigenvalue weighted by Gasteiger charge is -2.08. The van der Waals surface area contributed by atoms with E-state index in [1.54, 1.807) is 12.1 Å². The second-order valence-corrected chi connectivity index (χ2v) is 3.80. The first-order chi connectivity index (χ1) is 6.66. The molecule has 3 nitrogen and oxygen atoms in total. The number of rotatable bonds is 1. The predicted octanol–water partition coefficient (Wildman–Crippen LogP) is 2.37. The van der Waals surface area contributed by atoms with Crippen LogP contribution in [0.4, 0.5) is 9.18 Å². The summed E-state index contributed by atoms with van der Waals surface area (Å²) in [5.41, 5.74) is 0.775. The molecule has 2 rings (SSSR count). The number of hydrogen-bond acceptors (Lipinski definition) is 2. The average molecular weight is 260 g/mol. The number of carbonyl (C=O) groups is 1. The molecule has 1 aromatic rings. The first kappa shape index (κ1) is 9.45. The van der Waals surface area contributed by atoms with Gasteiger partial charge in [-0.1, -0.05) is 6.07 Å². The van der Waals surface area contributed by atoms with Crippen LogP contribution >= 0.6 is 15.9 Å². The van der Waals surface area contributed by atoms with Crippen molar-refractivity contribution in [1.29, 1.82) is 0 Å². The van der Waals surface area contributed by atoms with E-state index >= 15 is 0 Å². The number of cyclic esters (lactones) is 1. The molecule has 0 saturated carbocycles. The third-order valence-corrected chi connectivity index (χ3v) is 2.60. The topological polar surface area (TPSA) is 38.3 Å². The number of halogens is 2. The Balaban J connectivity index is 2.24. The predicted molar refractivity (Wildman–Crippen MR) is 51.3 cm³/mol. The number of ether oxygens (including phenoxy) is 1.